The molecule has 0 fully saturated rings. The Bertz CT molecular complexity index is 144. The van der Waals surface area contributed by atoms with Crippen LogP contribution < -0.4 is 11.1 Å². The van der Waals surface area contributed by atoms with Gasteiger partial charge in [-0.05, 0) is 19.3 Å². The molecule has 0 aromatic rings. The molecule has 13 heavy (non-hydrogen) atoms. The lowest BCUT2D eigenvalue weighted by Gasteiger charge is -2.16. The van der Waals surface area contributed by atoms with Crippen LogP contribution in [-0.2, 0) is 4.79 Å². The molecule has 3 heteroatoms. The molecule has 1 atom stereocenters. The summed E-state index contributed by atoms with van der Waals surface area (Å²) in [6.07, 6.45) is 3.29. The fraction of sp³-hybridized carbons (Fsp3) is 0.900. The van der Waals surface area contributed by atoms with Gasteiger partial charge in [-0.1, -0.05) is 20.8 Å². The summed E-state index contributed by atoms with van der Waals surface area (Å²) in [7, 11) is 0. The Labute approximate surface area is 81.1 Å². The largest absolute Gasteiger partial charge is 0.353 e. The molecule has 0 saturated carbocycles. The predicted molar refractivity (Wildman–Crippen MR) is 55.4 cm³/mol. The second kappa shape index (κ2) is 6.89. The lowest BCUT2D eigenvalue weighted by Crippen LogP contribution is -2.37. The number of nitrogens with two attached hydrogens (primary N) is 1. The third kappa shape index (κ3) is 5.64. The molecule has 0 aromatic carbocycles. The highest BCUT2D eigenvalue weighted by molar-refractivity contribution is 5.76. The van der Waals surface area contributed by atoms with Crippen molar-refractivity contribution < 1.29 is 4.79 Å². The van der Waals surface area contributed by atoms with E-state index in [1.165, 1.54) is 0 Å². The van der Waals surface area contributed by atoms with Gasteiger partial charge in [-0.3, -0.25) is 4.79 Å². The summed E-state index contributed by atoms with van der Waals surface area (Å²) in [5.41, 5.74) is 5.67. The Morgan fingerprint density at radius 2 is 1.77 bits per heavy atom. The molecule has 3 N–H and O–H groups in total. The van der Waals surface area contributed by atoms with Crippen molar-refractivity contribution in [3.8, 4) is 0 Å². The van der Waals surface area contributed by atoms with E-state index < -0.39 is 0 Å². The van der Waals surface area contributed by atoms with E-state index >= 15 is 0 Å². The molecule has 0 aliphatic heterocycles. The zero-order valence-corrected chi connectivity index (χ0v) is 8.97. The first-order valence-corrected chi connectivity index (χ1v) is 5.18. The lowest BCUT2D eigenvalue weighted by atomic mass is 10.1. The monoisotopic (exact) mass is 186 g/mol. The minimum Gasteiger partial charge on any atom is -0.353 e. The van der Waals surface area contributed by atoms with E-state index in [1.807, 2.05) is 6.92 Å². The van der Waals surface area contributed by atoms with Crippen LogP contribution in [0.1, 0.15) is 46.5 Å². The average molecular weight is 186 g/mol. The number of hydrogen-bond acceptors (Lipinski definition) is 2. The molecule has 0 rings (SSSR count). The second-order valence-corrected chi connectivity index (χ2v) is 3.45. The van der Waals surface area contributed by atoms with Crippen molar-refractivity contribution in [2.24, 2.45) is 5.73 Å². The van der Waals surface area contributed by atoms with Gasteiger partial charge in [-0.2, -0.15) is 0 Å². The van der Waals surface area contributed by atoms with Crippen molar-refractivity contribution in [3.63, 3.8) is 0 Å². The number of carbonyl (C=O) groups excluding carboxylic acids is 1. The molecule has 0 radical (unpaired) electrons. The summed E-state index contributed by atoms with van der Waals surface area (Å²) >= 11 is 0. The van der Waals surface area contributed by atoms with E-state index in [0.717, 1.165) is 19.3 Å². The van der Waals surface area contributed by atoms with Gasteiger partial charge >= 0.3 is 0 Å². The zero-order chi connectivity index (χ0) is 10.3. The molecule has 1 unspecified atom stereocenters. The summed E-state index contributed by atoms with van der Waals surface area (Å²) in [5.74, 6) is 0.0862. The molecule has 78 valence electrons. The Kier molecular flexibility index (Phi) is 6.59. The van der Waals surface area contributed by atoms with Crippen molar-refractivity contribution in [2.45, 2.75) is 58.5 Å². The quantitative estimate of drug-likeness (QED) is 0.659. The normalized spacial score (nSPS) is 13.0. The summed E-state index contributed by atoms with van der Waals surface area (Å²) in [6.45, 7) is 6.15. The molecule has 0 aliphatic rings. The average Bonchev–Trinajstić information content (AvgIpc) is 2.13. The van der Waals surface area contributed by atoms with Crippen LogP contribution in [0.15, 0.2) is 0 Å². The maximum Gasteiger partial charge on any atom is 0.221 e. The van der Waals surface area contributed by atoms with Crippen LogP contribution in [0.2, 0.25) is 0 Å². The highest BCUT2D eigenvalue weighted by atomic mass is 16.1. The van der Waals surface area contributed by atoms with Gasteiger partial charge < -0.3 is 11.1 Å². The number of hydrogen-bond donors (Lipinski definition) is 2. The topological polar surface area (TPSA) is 55.1 Å². The smallest absolute Gasteiger partial charge is 0.221 e. The molecule has 0 saturated heterocycles. The van der Waals surface area contributed by atoms with Gasteiger partial charge in [0.05, 0.1) is 0 Å². The Morgan fingerprint density at radius 3 is 2.15 bits per heavy atom. The van der Waals surface area contributed by atoms with E-state index in [0.29, 0.717) is 12.5 Å². The molecular formula is C10H22N2O. The van der Waals surface area contributed by atoms with Crippen LogP contribution in [0.25, 0.3) is 0 Å². The highest BCUT2D eigenvalue weighted by Gasteiger charge is 2.10. The third-order valence-electron chi connectivity index (χ3n) is 2.32. The molecular weight excluding hydrogens is 164 g/mol. The van der Waals surface area contributed by atoms with E-state index in [2.05, 4.69) is 19.2 Å². The Balaban J connectivity index is 3.72. The summed E-state index contributed by atoms with van der Waals surface area (Å²) < 4.78 is 0. The molecule has 3 nitrogen and oxygen atoms in total. The standard InChI is InChI=1S/C10H22N2O/c1-4-8(11)7-10(13)12-9(5-2)6-3/h8-9H,4-7,11H2,1-3H3,(H,12,13). The van der Waals surface area contributed by atoms with E-state index in [-0.39, 0.29) is 11.9 Å². The summed E-state index contributed by atoms with van der Waals surface area (Å²) in [5, 5.41) is 2.96. The fourth-order valence-corrected chi connectivity index (χ4v) is 1.16. The SMILES string of the molecule is CCC(N)CC(=O)NC(CC)CC. The van der Waals surface area contributed by atoms with E-state index in [4.69, 9.17) is 5.73 Å². The fourth-order valence-electron chi connectivity index (χ4n) is 1.16. The van der Waals surface area contributed by atoms with Crippen LogP contribution >= 0.6 is 0 Å². The number of nitrogens with one attached hydrogen (secondary N) is 1. The van der Waals surface area contributed by atoms with Crippen LogP contribution in [-0.4, -0.2) is 18.0 Å². The van der Waals surface area contributed by atoms with Crippen molar-refractivity contribution in [1.82, 2.24) is 5.32 Å². The third-order valence-corrected chi connectivity index (χ3v) is 2.32. The summed E-state index contributed by atoms with van der Waals surface area (Å²) in [6, 6.07) is 0.325. The highest BCUT2D eigenvalue weighted by Crippen LogP contribution is 1.99. The Hall–Kier alpha value is -0.570. The second-order valence-electron chi connectivity index (χ2n) is 3.45. The zero-order valence-electron chi connectivity index (χ0n) is 8.97. The maximum atomic E-state index is 11.3. The first kappa shape index (κ1) is 12.4. The number of amides is 1. The van der Waals surface area contributed by atoms with Crippen molar-refractivity contribution in [1.29, 1.82) is 0 Å². The molecule has 0 bridgehead atoms. The van der Waals surface area contributed by atoms with Gasteiger partial charge in [0.1, 0.15) is 0 Å². The summed E-state index contributed by atoms with van der Waals surface area (Å²) in [4.78, 5) is 11.3. The van der Waals surface area contributed by atoms with Crippen molar-refractivity contribution in [2.75, 3.05) is 0 Å². The van der Waals surface area contributed by atoms with Crippen molar-refractivity contribution >= 4 is 5.91 Å². The van der Waals surface area contributed by atoms with Crippen LogP contribution in [0.3, 0.4) is 0 Å². The maximum absolute atomic E-state index is 11.3. The van der Waals surface area contributed by atoms with Gasteiger partial charge in [0.2, 0.25) is 5.91 Å². The minimum atomic E-state index is 0.00867. The molecule has 0 aromatic heterocycles. The molecule has 0 aliphatic carbocycles. The Morgan fingerprint density at radius 1 is 1.23 bits per heavy atom. The minimum absolute atomic E-state index is 0.00867. The first-order chi connectivity index (χ1) is 6.13. The predicted octanol–water partition coefficient (Wildman–Crippen LogP) is 1.42. The van der Waals surface area contributed by atoms with Crippen LogP contribution in [0.4, 0.5) is 0 Å². The first-order valence-electron chi connectivity index (χ1n) is 5.18. The molecule has 0 heterocycles. The van der Waals surface area contributed by atoms with E-state index in [1.54, 1.807) is 0 Å². The van der Waals surface area contributed by atoms with Gasteiger partial charge in [-0.15, -0.1) is 0 Å². The van der Waals surface area contributed by atoms with Crippen molar-refractivity contribution in [3.05, 3.63) is 0 Å². The van der Waals surface area contributed by atoms with Gasteiger partial charge in [0.25, 0.3) is 0 Å². The van der Waals surface area contributed by atoms with Gasteiger partial charge in [0.15, 0.2) is 0 Å². The number of rotatable bonds is 6. The van der Waals surface area contributed by atoms with Gasteiger partial charge in [0, 0.05) is 18.5 Å². The van der Waals surface area contributed by atoms with Crippen LogP contribution in [0, 0.1) is 0 Å². The molecule has 0 spiro atoms. The lowest BCUT2D eigenvalue weighted by molar-refractivity contribution is -0.122. The van der Waals surface area contributed by atoms with Gasteiger partial charge in [-0.25, -0.2) is 0 Å². The molecule has 1 amide bonds. The number of carbonyl (C=O) groups is 1. The van der Waals surface area contributed by atoms with E-state index in [9.17, 15) is 4.79 Å². The van der Waals surface area contributed by atoms with Crippen LogP contribution in [0.5, 0.6) is 0 Å².